The van der Waals surface area contributed by atoms with Gasteiger partial charge in [0.1, 0.15) is 5.75 Å². The standard InChI is InChI=1S/C26H27N3O3/c1-19-5-3-4-6-24(19)25(30)27-21-9-11-22(12-10-21)28-15-17-29(18-16-28)26(31)20-7-13-23(32-2)14-8-20/h3-14H,15-18H2,1-2H3,(H,27,30). The van der Waals surface area contributed by atoms with Crippen LogP contribution in [0.15, 0.2) is 72.8 Å². The molecule has 0 atom stereocenters. The second-order valence-corrected chi connectivity index (χ2v) is 7.82. The number of methoxy groups -OCH3 is 1. The summed E-state index contributed by atoms with van der Waals surface area (Å²) in [6, 6.07) is 22.6. The average molecular weight is 430 g/mol. The molecule has 1 heterocycles. The number of aryl methyl sites for hydroxylation is 1. The van der Waals surface area contributed by atoms with Crippen LogP contribution in [0.1, 0.15) is 26.3 Å². The number of nitrogens with zero attached hydrogens (tertiary/aromatic N) is 2. The number of piperazine rings is 1. The number of amides is 2. The van der Waals surface area contributed by atoms with Crippen LogP contribution in [0.3, 0.4) is 0 Å². The Morgan fingerprint density at radius 3 is 2.12 bits per heavy atom. The molecule has 0 bridgehead atoms. The summed E-state index contributed by atoms with van der Waals surface area (Å²) in [5.74, 6) is 0.674. The molecule has 4 rings (SSSR count). The monoisotopic (exact) mass is 429 g/mol. The Labute approximate surface area is 188 Å². The van der Waals surface area contributed by atoms with Gasteiger partial charge in [0, 0.05) is 48.7 Å². The second kappa shape index (κ2) is 9.56. The Bertz CT molecular complexity index is 1090. The molecule has 1 aliphatic rings. The third-order valence-electron chi connectivity index (χ3n) is 5.78. The summed E-state index contributed by atoms with van der Waals surface area (Å²) in [5.41, 5.74) is 4.14. The van der Waals surface area contributed by atoms with Crippen LogP contribution in [-0.2, 0) is 0 Å². The number of anilines is 2. The molecule has 0 saturated carbocycles. The molecule has 1 N–H and O–H groups in total. The van der Waals surface area contributed by atoms with Gasteiger partial charge in [-0.3, -0.25) is 9.59 Å². The van der Waals surface area contributed by atoms with Crippen LogP contribution in [0.5, 0.6) is 5.75 Å². The van der Waals surface area contributed by atoms with Crippen molar-refractivity contribution in [2.45, 2.75) is 6.92 Å². The van der Waals surface area contributed by atoms with Crippen LogP contribution >= 0.6 is 0 Å². The van der Waals surface area contributed by atoms with Crippen LogP contribution < -0.4 is 15.0 Å². The Morgan fingerprint density at radius 1 is 0.844 bits per heavy atom. The minimum absolute atomic E-state index is 0.0431. The highest BCUT2D eigenvalue weighted by Crippen LogP contribution is 2.21. The zero-order chi connectivity index (χ0) is 22.5. The van der Waals surface area contributed by atoms with E-state index in [1.165, 1.54) is 0 Å². The maximum Gasteiger partial charge on any atom is 0.255 e. The maximum absolute atomic E-state index is 12.8. The number of hydrogen-bond acceptors (Lipinski definition) is 4. The lowest BCUT2D eigenvalue weighted by molar-refractivity contribution is 0.0746. The van der Waals surface area contributed by atoms with Crippen molar-refractivity contribution in [2.24, 2.45) is 0 Å². The van der Waals surface area contributed by atoms with Crippen LogP contribution in [0.4, 0.5) is 11.4 Å². The zero-order valence-electron chi connectivity index (χ0n) is 18.4. The van der Waals surface area contributed by atoms with Crippen LogP contribution in [-0.4, -0.2) is 50.0 Å². The molecule has 32 heavy (non-hydrogen) atoms. The summed E-state index contributed by atoms with van der Waals surface area (Å²) in [6.07, 6.45) is 0. The molecule has 1 aliphatic heterocycles. The topological polar surface area (TPSA) is 61.9 Å². The van der Waals surface area contributed by atoms with Gasteiger partial charge >= 0.3 is 0 Å². The van der Waals surface area contributed by atoms with E-state index in [-0.39, 0.29) is 11.8 Å². The number of ether oxygens (including phenoxy) is 1. The van der Waals surface area contributed by atoms with Gasteiger partial charge in [0.05, 0.1) is 7.11 Å². The van der Waals surface area contributed by atoms with E-state index in [9.17, 15) is 9.59 Å². The van der Waals surface area contributed by atoms with Gasteiger partial charge in [-0.1, -0.05) is 18.2 Å². The number of rotatable bonds is 5. The lowest BCUT2D eigenvalue weighted by atomic mass is 10.1. The summed E-state index contributed by atoms with van der Waals surface area (Å²) >= 11 is 0. The maximum atomic E-state index is 12.8. The van der Waals surface area contributed by atoms with Crippen molar-refractivity contribution >= 4 is 23.2 Å². The quantitative estimate of drug-likeness (QED) is 0.660. The van der Waals surface area contributed by atoms with E-state index in [4.69, 9.17) is 4.74 Å². The average Bonchev–Trinajstić information content (AvgIpc) is 2.84. The van der Waals surface area contributed by atoms with Crippen LogP contribution in [0.2, 0.25) is 0 Å². The molecule has 1 fully saturated rings. The SMILES string of the molecule is COc1ccc(C(=O)N2CCN(c3ccc(NC(=O)c4ccccc4C)cc3)CC2)cc1. The van der Waals surface area contributed by atoms with E-state index in [1.54, 1.807) is 19.2 Å². The van der Waals surface area contributed by atoms with E-state index < -0.39 is 0 Å². The molecule has 0 radical (unpaired) electrons. The Morgan fingerprint density at radius 2 is 1.50 bits per heavy atom. The van der Waals surface area contributed by atoms with Gasteiger partial charge in [0.25, 0.3) is 11.8 Å². The molecule has 6 nitrogen and oxygen atoms in total. The Balaban J connectivity index is 1.33. The van der Waals surface area contributed by atoms with E-state index in [1.807, 2.05) is 72.5 Å². The van der Waals surface area contributed by atoms with E-state index >= 15 is 0 Å². The Hall–Kier alpha value is -3.80. The molecule has 6 heteroatoms. The predicted molar refractivity (Wildman–Crippen MR) is 127 cm³/mol. The predicted octanol–water partition coefficient (Wildman–Crippen LogP) is 4.22. The highest BCUT2D eigenvalue weighted by atomic mass is 16.5. The normalized spacial score (nSPS) is 13.6. The van der Waals surface area contributed by atoms with Crippen molar-refractivity contribution < 1.29 is 14.3 Å². The summed E-state index contributed by atoms with van der Waals surface area (Å²) in [6.45, 7) is 4.78. The minimum atomic E-state index is -0.110. The molecule has 0 unspecified atom stereocenters. The van der Waals surface area contributed by atoms with Gasteiger partial charge in [-0.15, -0.1) is 0 Å². The number of carbonyl (C=O) groups is 2. The zero-order valence-corrected chi connectivity index (χ0v) is 18.4. The van der Waals surface area contributed by atoms with Gasteiger partial charge in [0.2, 0.25) is 0 Å². The van der Waals surface area contributed by atoms with Crippen molar-refractivity contribution in [1.29, 1.82) is 0 Å². The molecule has 2 amide bonds. The van der Waals surface area contributed by atoms with Crippen molar-refractivity contribution in [1.82, 2.24) is 4.90 Å². The van der Waals surface area contributed by atoms with Crippen LogP contribution in [0.25, 0.3) is 0 Å². The molecule has 1 saturated heterocycles. The first-order chi connectivity index (χ1) is 15.5. The molecule has 3 aromatic rings. The highest BCUT2D eigenvalue weighted by molar-refractivity contribution is 6.05. The van der Waals surface area contributed by atoms with Gasteiger partial charge in [-0.2, -0.15) is 0 Å². The van der Waals surface area contributed by atoms with Crippen molar-refractivity contribution in [3.63, 3.8) is 0 Å². The fourth-order valence-electron chi connectivity index (χ4n) is 3.87. The molecule has 3 aromatic carbocycles. The summed E-state index contributed by atoms with van der Waals surface area (Å²) < 4.78 is 5.16. The number of hydrogen-bond donors (Lipinski definition) is 1. The molecule has 0 aliphatic carbocycles. The third kappa shape index (κ3) is 4.75. The molecule has 164 valence electrons. The minimum Gasteiger partial charge on any atom is -0.497 e. The van der Waals surface area contributed by atoms with Crippen molar-refractivity contribution in [2.75, 3.05) is 43.5 Å². The fourth-order valence-corrected chi connectivity index (χ4v) is 3.87. The lowest BCUT2D eigenvalue weighted by Gasteiger charge is -2.36. The van der Waals surface area contributed by atoms with E-state index in [0.29, 0.717) is 24.2 Å². The van der Waals surface area contributed by atoms with Gasteiger partial charge in [0.15, 0.2) is 0 Å². The van der Waals surface area contributed by atoms with Crippen molar-refractivity contribution in [3.05, 3.63) is 89.5 Å². The summed E-state index contributed by atoms with van der Waals surface area (Å²) in [7, 11) is 1.61. The molecular weight excluding hydrogens is 402 g/mol. The van der Waals surface area contributed by atoms with Gasteiger partial charge in [-0.25, -0.2) is 0 Å². The van der Waals surface area contributed by atoms with E-state index in [0.717, 1.165) is 35.8 Å². The summed E-state index contributed by atoms with van der Waals surface area (Å²) in [5, 5.41) is 2.96. The van der Waals surface area contributed by atoms with Gasteiger partial charge in [-0.05, 0) is 67.1 Å². The Kier molecular flexibility index (Phi) is 6.40. The number of nitrogens with one attached hydrogen (secondary N) is 1. The first-order valence-electron chi connectivity index (χ1n) is 10.7. The van der Waals surface area contributed by atoms with Crippen molar-refractivity contribution in [3.8, 4) is 5.75 Å². The number of carbonyl (C=O) groups excluding carboxylic acids is 2. The second-order valence-electron chi connectivity index (χ2n) is 7.82. The first-order valence-corrected chi connectivity index (χ1v) is 10.7. The molecular formula is C26H27N3O3. The highest BCUT2D eigenvalue weighted by Gasteiger charge is 2.22. The number of benzene rings is 3. The largest absolute Gasteiger partial charge is 0.497 e. The smallest absolute Gasteiger partial charge is 0.255 e. The van der Waals surface area contributed by atoms with E-state index in [2.05, 4.69) is 10.2 Å². The lowest BCUT2D eigenvalue weighted by Crippen LogP contribution is -2.48. The third-order valence-corrected chi connectivity index (χ3v) is 5.78. The summed E-state index contributed by atoms with van der Waals surface area (Å²) in [4.78, 5) is 29.4. The first kappa shape index (κ1) is 21.4. The van der Waals surface area contributed by atoms with Crippen LogP contribution in [0, 0.1) is 6.92 Å². The van der Waals surface area contributed by atoms with Gasteiger partial charge < -0.3 is 19.9 Å². The molecule has 0 aromatic heterocycles. The molecule has 0 spiro atoms. The fraction of sp³-hybridized carbons (Fsp3) is 0.231.